The van der Waals surface area contributed by atoms with Gasteiger partial charge in [-0.1, -0.05) is 25.1 Å². The monoisotopic (exact) mass is 284 g/mol. The molecule has 0 atom stereocenters. The minimum atomic E-state index is -0.324. The molecule has 0 unspecified atom stereocenters. The number of pyridine rings is 1. The number of nitrogens with one attached hydrogen (secondary N) is 1. The summed E-state index contributed by atoms with van der Waals surface area (Å²) in [6.45, 7) is 3.44. The number of fused-ring (bicyclic) bond motifs is 1. The van der Waals surface area contributed by atoms with Gasteiger partial charge in [-0.15, -0.1) is 0 Å². The second-order valence-corrected chi connectivity index (χ2v) is 4.90. The van der Waals surface area contributed by atoms with Gasteiger partial charge in [0.25, 0.3) is 0 Å². The zero-order valence-electron chi connectivity index (χ0n) is 11.9. The summed E-state index contributed by atoms with van der Waals surface area (Å²) in [6.07, 6.45) is 4.36. The van der Waals surface area contributed by atoms with Gasteiger partial charge >= 0.3 is 0 Å². The fourth-order valence-electron chi connectivity index (χ4n) is 2.30. The van der Waals surface area contributed by atoms with Crippen LogP contribution in [-0.2, 0) is 6.54 Å². The summed E-state index contributed by atoms with van der Waals surface area (Å²) in [5, 5.41) is 8.43. The van der Waals surface area contributed by atoms with Gasteiger partial charge in [0.2, 0.25) is 0 Å². The minimum Gasteiger partial charge on any atom is -0.313 e. The number of aromatic nitrogens is 3. The number of benzene rings is 1. The first-order chi connectivity index (χ1) is 10.3. The molecule has 0 aliphatic carbocycles. The third-order valence-electron chi connectivity index (χ3n) is 3.37. The highest BCUT2D eigenvalue weighted by Gasteiger charge is 2.13. The number of rotatable bonds is 5. The average molecular weight is 284 g/mol. The van der Waals surface area contributed by atoms with Crippen LogP contribution in [0.1, 0.15) is 18.9 Å². The normalized spacial score (nSPS) is 11.1. The lowest BCUT2D eigenvalue weighted by molar-refractivity contribution is 0.568. The summed E-state index contributed by atoms with van der Waals surface area (Å²) >= 11 is 0. The first kappa shape index (κ1) is 13.7. The van der Waals surface area contributed by atoms with Crippen molar-refractivity contribution in [3.8, 4) is 5.82 Å². The molecule has 0 radical (unpaired) electrons. The smallest absolute Gasteiger partial charge is 0.190 e. The lowest BCUT2D eigenvalue weighted by Gasteiger charge is -2.09. The molecular formula is C16H17FN4. The Morgan fingerprint density at radius 2 is 2.10 bits per heavy atom. The molecule has 21 heavy (non-hydrogen) atoms. The Hall–Kier alpha value is -2.27. The highest BCUT2D eigenvalue weighted by atomic mass is 19.1. The second-order valence-electron chi connectivity index (χ2n) is 4.90. The summed E-state index contributed by atoms with van der Waals surface area (Å²) < 4.78 is 16.2. The molecule has 1 N–H and O–H groups in total. The van der Waals surface area contributed by atoms with Crippen LogP contribution in [-0.4, -0.2) is 21.3 Å². The Kier molecular flexibility index (Phi) is 3.92. The lowest BCUT2D eigenvalue weighted by Crippen LogP contribution is -2.16. The molecule has 2 heterocycles. The van der Waals surface area contributed by atoms with E-state index in [1.54, 1.807) is 23.1 Å². The maximum Gasteiger partial charge on any atom is 0.190 e. The molecular weight excluding hydrogens is 267 g/mol. The van der Waals surface area contributed by atoms with Gasteiger partial charge in [0.15, 0.2) is 11.6 Å². The SMILES string of the molecule is CCCNCc1ccnc(-n2ncc3ccccc32)c1F. The first-order valence-corrected chi connectivity index (χ1v) is 7.08. The van der Waals surface area contributed by atoms with Crippen molar-refractivity contribution in [3.63, 3.8) is 0 Å². The number of halogens is 1. The Labute approximate surface area is 122 Å². The van der Waals surface area contributed by atoms with E-state index in [9.17, 15) is 4.39 Å². The van der Waals surface area contributed by atoms with E-state index < -0.39 is 0 Å². The maximum atomic E-state index is 14.6. The van der Waals surface area contributed by atoms with Crippen molar-refractivity contribution in [3.05, 3.63) is 54.1 Å². The van der Waals surface area contributed by atoms with Gasteiger partial charge < -0.3 is 5.32 Å². The van der Waals surface area contributed by atoms with E-state index in [1.165, 1.54) is 0 Å². The van der Waals surface area contributed by atoms with Crippen LogP contribution < -0.4 is 5.32 Å². The molecule has 2 aromatic heterocycles. The van der Waals surface area contributed by atoms with Gasteiger partial charge in [-0.3, -0.25) is 0 Å². The highest BCUT2D eigenvalue weighted by molar-refractivity contribution is 5.79. The fourth-order valence-corrected chi connectivity index (χ4v) is 2.30. The molecule has 4 nitrogen and oxygen atoms in total. The van der Waals surface area contributed by atoms with Crippen LogP contribution in [0.25, 0.3) is 16.7 Å². The molecule has 0 bridgehead atoms. The van der Waals surface area contributed by atoms with Crippen LogP contribution in [0.15, 0.2) is 42.7 Å². The second kappa shape index (κ2) is 6.01. The lowest BCUT2D eigenvalue weighted by atomic mass is 10.2. The van der Waals surface area contributed by atoms with Crippen LogP contribution in [0.5, 0.6) is 0 Å². The Morgan fingerprint density at radius 1 is 1.24 bits per heavy atom. The third kappa shape index (κ3) is 2.64. The molecule has 108 valence electrons. The zero-order chi connectivity index (χ0) is 14.7. The largest absolute Gasteiger partial charge is 0.313 e. The van der Waals surface area contributed by atoms with Gasteiger partial charge in [0.1, 0.15) is 0 Å². The van der Waals surface area contributed by atoms with E-state index in [0.717, 1.165) is 23.9 Å². The third-order valence-corrected chi connectivity index (χ3v) is 3.37. The van der Waals surface area contributed by atoms with Gasteiger partial charge in [-0.2, -0.15) is 5.10 Å². The van der Waals surface area contributed by atoms with E-state index in [0.29, 0.717) is 12.1 Å². The van der Waals surface area contributed by atoms with E-state index in [-0.39, 0.29) is 11.6 Å². The van der Waals surface area contributed by atoms with E-state index in [2.05, 4.69) is 22.3 Å². The molecule has 5 heteroatoms. The molecule has 0 aliphatic heterocycles. The number of para-hydroxylation sites is 1. The van der Waals surface area contributed by atoms with E-state index in [4.69, 9.17) is 0 Å². The summed E-state index contributed by atoms with van der Waals surface area (Å²) in [5.41, 5.74) is 1.45. The number of hydrogen-bond donors (Lipinski definition) is 1. The predicted octanol–water partition coefficient (Wildman–Crippen LogP) is 3.06. The average Bonchev–Trinajstić information content (AvgIpc) is 2.93. The van der Waals surface area contributed by atoms with E-state index in [1.807, 2.05) is 24.3 Å². The Morgan fingerprint density at radius 3 is 2.95 bits per heavy atom. The highest BCUT2D eigenvalue weighted by Crippen LogP contribution is 2.20. The Balaban J connectivity index is 2.00. The standard InChI is InChI=1S/C16H17FN4/c1-2-8-18-10-13-7-9-19-16(15(13)17)21-14-6-4-3-5-12(14)11-20-21/h3-7,9,11,18H,2,8,10H2,1H3. The quantitative estimate of drug-likeness (QED) is 0.732. The summed E-state index contributed by atoms with van der Waals surface area (Å²) in [5.74, 6) is -0.0815. The van der Waals surface area contributed by atoms with Crippen molar-refractivity contribution in [2.75, 3.05) is 6.54 Å². The number of hydrogen-bond acceptors (Lipinski definition) is 3. The van der Waals surface area contributed by atoms with Gasteiger partial charge in [-0.05, 0) is 25.1 Å². The number of nitrogens with zero attached hydrogens (tertiary/aromatic N) is 3. The molecule has 0 fully saturated rings. The molecule has 0 saturated heterocycles. The van der Waals surface area contributed by atoms with Crippen LogP contribution in [0.2, 0.25) is 0 Å². The van der Waals surface area contributed by atoms with Crippen LogP contribution in [0.3, 0.4) is 0 Å². The van der Waals surface area contributed by atoms with Crippen molar-refractivity contribution >= 4 is 10.9 Å². The molecule has 1 aromatic carbocycles. The maximum absolute atomic E-state index is 14.6. The molecule has 3 aromatic rings. The Bertz CT molecular complexity index is 751. The molecule has 0 spiro atoms. The van der Waals surface area contributed by atoms with E-state index >= 15 is 0 Å². The summed E-state index contributed by atoms with van der Waals surface area (Å²) in [4.78, 5) is 4.16. The van der Waals surface area contributed by atoms with Crippen molar-refractivity contribution in [2.24, 2.45) is 0 Å². The molecule has 0 saturated carbocycles. The minimum absolute atomic E-state index is 0.243. The van der Waals surface area contributed by atoms with Crippen molar-refractivity contribution < 1.29 is 4.39 Å². The molecule has 0 aliphatic rings. The van der Waals surface area contributed by atoms with Crippen molar-refractivity contribution in [1.82, 2.24) is 20.1 Å². The molecule has 3 rings (SSSR count). The van der Waals surface area contributed by atoms with Crippen LogP contribution in [0, 0.1) is 5.82 Å². The van der Waals surface area contributed by atoms with Crippen LogP contribution >= 0.6 is 0 Å². The molecule has 0 amide bonds. The van der Waals surface area contributed by atoms with Crippen molar-refractivity contribution in [2.45, 2.75) is 19.9 Å². The van der Waals surface area contributed by atoms with Gasteiger partial charge in [0, 0.05) is 23.7 Å². The summed E-state index contributed by atoms with van der Waals surface area (Å²) in [7, 11) is 0. The van der Waals surface area contributed by atoms with Crippen molar-refractivity contribution in [1.29, 1.82) is 0 Å². The zero-order valence-corrected chi connectivity index (χ0v) is 11.9. The predicted molar refractivity (Wildman–Crippen MR) is 80.8 cm³/mol. The van der Waals surface area contributed by atoms with Gasteiger partial charge in [-0.25, -0.2) is 14.1 Å². The topological polar surface area (TPSA) is 42.7 Å². The van der Waals surface area contributed by atoms with Gasteiger partial charge in [0.05, 0.1) is 11.7 Å². The van der Waals surface area contributed by atoms with Crippen LogP contribution in [0.4, 0.5) is 4.39 Å². The fraction of sp³-hybridized carbons (Fsp3) is 0.250. The first-order valence-electron chi connectivity index (χ1n) is 7.08. The summed E-state index contributed by atoms with van der Waals surface area (Å²) in [6, 6.07) is 9.40.